The van der Waals surface area contributed by atoms with Crippen LogP contribution in [0.3, 0.4) is 0 Å². The zero-order valence-corrected chi connectivity index (χ0v) is 9.40. The quantitative estimate of drug-likeness (QED) is 0.619. The summed E-state index contributed by atoms with van der Waals surface area (Å²) in [6.07, 6.45) is 0. The molecule has 0 N–H and O–H groups in total. The van der Waals surface area contributed by atoms with Crippen molar-refractivity contribution in [3.8, 4) is 0 Å². The summed E-state index contributed by atoms with van der Waals surface area (Å²) in [5, 5.41) is 1.44. The highest BCUT2D eigenvalue weighted by molar-refractivity contribution is 7.86. The molecule has 86 valence electrons. The van der Waals surface area contributed by atoms with Crippen LogP contribution >= 0.6 is 0 Å². The van der Waals surface area contributed by atoms with Crippen molar-refractivity contribution in [2.45, 2.75) is 4.90 Å². The van der Waals surface area contributed by atoms with E-state index in [9.17, 15) is 13.0 Å². The number of hydrogen-bond acceptors (Lipinski definition) is 4. The standard InChI is InChI=1S/C12H8O4S/c13-17(14,15)11-7-3-5-9-8-4-1-2-6-10(8)16-12(9)11/h1-7H,(H,13,14,15)/p-1. The van der Waals surface area contributed by atoms with Crippen molar-refractivity contribution in [3.05, 3.63) is 42.5 Å². The van der Waals surface area contributed by atoms with Crippen LogP contribution in [0.15, 0.2) is 51.8 Å². The predicted octanol–water partition coefficient (Wildman–Crippen LogP) is 2.49. The summed E-state index contributed by atoms with van der Waals surface area (Å²) in [4.78, 5) is -0.314. The molecule has 0 aliphatic heterocycles. The summed E-state index contributed by atoms with van der Waals surface area (Å²) in [5.74, 6) is 0. The Morgan fingerprint density at radius 3 is 2.41 bits per heavy atom. The topological polar surface area (TPSA) is 70.3 Å². The molecular weight excluding hydrogens is 240 g/mol. The minimum atomic E-state index is -4.52. The van der Waals surface area contributed by atoms with Gasteiger partial charge in [-0.25, -0.2) is 8.42 Å². The molecule has 0 atom stereocenters. The molecule has 3 rings (SSSR count). The highest BCUT2D eigenvalue weighted by atomic mass is 32.2. The van der Waals surface area contributed by atoms with Crippen LogP contribution in [-0.4, -0.2) is 13.0 Å². The van der Waals surface area contributed by atoms with Gasteiger partial charge in [0.15, 0.2) is 5.58 Å². The molecule has 0 bridgehead atoms. The Kier molecular flexibility index (Phi) is 2.01. The van der Waals surface area contributed by atoms with Crippen LogP contribution < -0.4 is 0 Å². The third kappa shape index (κ3) is 1.51. The Bertz CT molecular complexity index is 815. The molecule has 17 heavy (non-hydrogen) atoms. The third-order valence-electron chi connectivity index (χ3n) is 2.64. The zero-order valence-electron chi connectivity index (χ0n) is 8.58. The van der Waals surface area contributed by atoms with Gasteiger partial charge in [-0.3, -0.25) is 0 Å². The van der Waals surface area contributed by atoms with Gasteiger partial charge in [-0.2, -0.15) is 0 Å². The first-order valence-corrected chi connectivity index (χ1v) is 6.34. The highest BCUT2D eigenvalue weighted by Crippen LogP contribution is 2.32. The van der Waals surface area contributed by atoms with Crippen molar-refractivity contribution >= 4 is 32.1 Å². The van der Waals surface area contributed by atoms with Crippen molar-refractivity contribution in [2.75, 3.05) is 0 Å². The lowest BCUT2D eigenvalue weighted by atomic mass is 10.1. The fraction of sp³-hybridized carbons (Fsp3) is 0. The number of fused-ring (bicyclic) bond motifs is 3. The van der Waals surface area contributed by atoms with Gasteiger partial charge in [-0.15, -0.1) is 0 Å². The van der Waals surface area contributed by atoms with Crippen LogP contribution in [0.25, 0.3) is 21.9 Å². The normalized spacial score (nSPS) is 12.3. The van der Waals surface area contributed by atoms with Crippen molar-refractivity contribution in [2.24, 2.45) is 0 Å². The first-order valence-electron chi connectivity index (χ1n) is 4.93. The number of furan rings is 1. The molecule has 3 aromatic rings. The molecule has 0 radical (unpaired) electrons. The first-order chi connectivity index (χ1) is 8.07. The summed E-state index contributed by atoms with van der Waals surface area (Å²) in [6.45, 7) is 0. The van der Waals surface area contributed by atoms with E-state index in [1.807, 2.05) is 12.1 Å². The van der Waals surface area contributed by atoms with Gasteiger partial charge in [0, 0.05) is 10.8 Å². The van der Waals surface area contributed by atoms with E-state index in [-0.39, 0.29) is 10.5 Å². The Morgan fingerprint density at radius 1 is 0.941 bits per heavy atom. The van der Waals surface area contributed by atoms with E-state index in [4.69, 9.17) is 4.42 Å². The molecule has 2 aromatic carbocycles. The highest BCUT2D eigenvalue weighted by Gasteiger charge is 2.13. The van der Waals surface area contributed by atoms with Gasteiger partial charge in [0.2, 0.25) is 0 Å². The third-order valence-corrected chi connectivity index (χ3v) is 3.50. The lowest BCUT2D eigenvalue weighted by Crippen LogP contribution is -1.98. The zero-order chi connectivity index (χ0) is 12.0. The molecule has 5 heteroatoms. The first kappa shape index (κ1) is 10.3. The second-order valence-electron chi connectivity index (χ2n) is 3.69. The van der Waals surface area contributed by atoms with E-state index in [1.165, 1.54) is 12.1 Å². The average molecular weight is 247 g/mol. The fourth-order valence-electron chi connectivity index (χ4n) is 1.92. The fourth-order valence-corrected chi connectivity index (χ4v) is 2.54. The largest absolute Gasteiger partial charge is 0.744 e. The molecule has 0 saturated carbocycles. The maximum Gasteiger partial charge on any atom is 0.152 e. The monoisotopic (exact) mass is 247 g/mol. The molecule has 0 fully saturated rings. The van der Waals surface area contributed by atoms with E-state index in [0.29, 0.717) is 11.0 Å². The summed E-state index contributed by atoms with van der Waals surface area (Å²) in [7, 11) is -4.52. The molecule has 0 unspecified atom stereocenters. The Hall–Kier alpha value is -1.85. The van der Waals surface area contributed by atoms with Crippen LogP contribution in [0.2, 0.25) is 0 Å². The van der Waals surface area contributed by atoms with Crippen molar-refractivity contribution < 1.29 is 17.4 Å². The van der Waals surface area contributed by atoms with Gasteiger partial charge < -0.3 is 8.97 Å². The smallest absolute Gasteiger partial charge is 0.152 e. The van der Waals surface area contributed by atoms with Gasteiger partial charge >= 0.3 is 0 Å². The Balaban J connectivity index is 2.57. The molecule has 0 aliphatic carbocycles. The Morgan fingerprint density at radius 2 is 1.65 bits per heavy atom. The molecule has 0 spiro atoms. The molecule has 1 aromatic heterocycles. The molecule has 0 amide bonds. The maximum atomic E-state index is 11.1. The number of hydrogen-bond donors (Lipinski definition) is 0. The summed E-state index contributed by atoms with van der Waals surface area (Å²) < 4.78 is 38.8. The number of benzene rings is 2. The van der Waals surface area contributed by atoms with Crippen molar-refractivity contribution in [1.82, 2.24) is 0 Å². The predicted molar refractivity (Wildman–Crippen MR) is 61.7 cm³/mol. The van der Waals surface area contributed by atoms with Gasteiger partial charge in [-0.05, 0) is 12.1 Å². The molecule has 4 nitrogen and oxygen atoms in total. The second-order valence-corrected chi connectivity index (χ2v) is 5.03. The summed E-state index contributed by atoms with van der Waals surface area (Å²) in [5.41, 5.74) is 0.697. The number of rotatable bonds is 1. The van der Waals surface area contributed by atoms with E-state index < -0.39 is 10.1 Å². The molecule has 0 saturated heterocycles. The van der Waals surface area contributed by atoms with Crippen LogP contribution in [0.5, 0.6) is 0 Å². The average Bonchev–Trinajstić information content (AvgIpc) is 2.65. The molecular formula is C12H7O4S-. The lowest BCUT2D eigenvalue weighted by Gasteiger charge is -2.06. The van der Waals surface area contributed by atoms with Crippen LogP contribution in [0.4, 0.5) is 0 Å². The lowest BCUT2D eigenvalue weighted by molar-refractivity contribution is 0.462. The summed E-state index contributed by atoms with van der Waals surface area (Å²) in [6, 6.07) is 11.7. The van der Waals surface area contributed by atoms with E-state index in [0.717, 1.165) is 5.39 Å². The Labute approximate surface area is 97.2 Å². The SMILES string of the molecule is O=S(=O)([O-])c1cccc2c1oc1ccccc12. The van der Waals surface area contributed by atoms with Crippen LogP contribution in [0, 0.1) is 0 Å². The van der Waals surface area contributed by atoms with Crippen LogP contribution in [-0.2, 0) is 10.1 Å². The van der Waals surface area contributed by atoms with E-state index in [1.54, 1.807) is 18.2 Å². The van der Waals surface area contributed by atoms with Crippen molar-refractivity contribution in [3.63, 3.8) is 0 Å². The van der Waals surface area contributed by atoms with Gasteiger partial charge in [-0.1, -0.05) is 30.3 Å². The minimum absolute atomic E-state index is 0.128. The van der Waals surface area contributed by atoms with E-state index in [2.05, 4.69) is 0 Å². The number of para-hydroxylation sites is 2. The maximum absolute atomic E-state index is 11.1. The minimum Gasteiger partial charge on any atom is -0.744 e. The van der Waals surface area contributed by atoms with E-state index >= 15 is 0 Å². The molecule has 1 heterocycles. The molecule has 0 aliphatic rings. The van der Waals surface area contributed by atoms with Gasteiger partial charge in [0.25, 0.3) is 0 Å². The van der Waals surface area contributed by atoms with Gasteiger partial charge in [0.05, 0.1) is 4.90 Å². The van der Waals surface area contributed by atoms with Gasteiger partial charge in [0.1, 0.15) is 15.7 Å². The van der Waals surface area contributed by atoms with Crippen LogP contribution in [0.1, 0.15) is 0 Å². The summed E-state index contributed by atoms with van der Waals surface area (Å²) >= 11 is 0. The second kappa shape index (κ2) is 3.32. The van der Waals surface area contributed by atoms with Crippen molar-refractivity contribution in [1.29, 1.82) is 0 Å².